The fourth-order valence-corrected chi connectivity index (χ4v) is 4.68. The van der Waals surface area contributed by atoms with Gasteiger partial charge in [0.15, 0.2) is 0 Å². The molecule has 3 rings (SSSR count). The van der Waals surface area contributed by atoms with E-state index in [-0.39, 0.29) is 0 Å². The number of rotatable bonds is 6. The van der Waals surface area contributed by atoms with Crippen molar-refractivity contribution in [3.63, 3.8) is 0 Å². The van der Waals surface area contributed by atoms with Gasteiger partial charge in [0, 0.05) is 32.2 Å². The molecule has 0 unspecified atom stereocenters. The van der Waals surface area contributed by atoms with Gasteiger partial charge < -0.3 is 14.4 Å². The van der Waals surface area contributed by atoms with E-state index in [1.807, 2.05) is 30.3 Å². The van der Waals surface area contributed by atoms with Gasteiger partial charge in [0.05, 0.1) is 24.8 Å². The maximum atomic E-state index is 12.9. The molecule has 1 saturated heterocycles. The maximum Gasteiger partial charge on any atom is 0.243 e. The lowest BCUT2D eigenvalue weighted by Crippen LogP contribution is -2.48. The molecule has 0 amide bonds. The second kappa shape index (κ2) is 8.19. The summed E-state index contributed by atoms with van der Waals surface area (Å²) in [6, 6.07) is 12.8. The predicted molar refractivity (Wildman–Crippen MR) is 106 cm³/mol. The number of methoxy groups -OCH3 is 2. The van der Waals surface area contributed by atoms with Gasteiger partial charge in [-0.15, -0.1) is 0 Å². The van der Waals surface area contributed by atoms with Crippen LogP contribution in [-0.4, -0.2) is 53.1 Å². The van der Waals surface area contributed by atoms with Crippen LogP contribution < -0.4 is 14.4 Å². The van der Waals surface area contributed by atoms with Gasteiger partial charge in [-0.3, -0.25) is 0 Å². The van der Waals surface area contributed by atoms with Crippen molar-refractivity contribution in [2.24, 2.45) is 0 Å². The molecule has 7 heteroatoms. The largest absolute Gasteiger partial charge is 0.497 e. The summed E-state index contributed by atoms with van der Waals surface area (Å²) in [5, 5.41) is 0. The summed E-state index contributed by atoms with van der Waals surface area (Å²) in [6.07, 6.45) is 0.890. The summed E-state index contributed by atoms with van der Waals surface area (Å²) in [5.41, 5.74) is 2.05. The molecule has 1 aliphatic heterocycles. The van der Waals surface area contributed by atoms with Gasteiger partial charge in [-0.1, -0.05) is 19.1 Å². The van der Waals surface area contributed by atoms with Crippen LogP contribution in [-0.2, 0) is 16.4 Å². The van der Waals surface area contributed by atoms with E-state index in [0.29, 0.717) is 31.1 Å². The van der Waals surface area contributed by atoms with E-state index in [9.17, 15) is 8.42 Å². The Balaban J connectivity index is 1.75. The van der Waals surface area contributed by atoms with Gasteiger partial charge in [0.25, 0.3) is 0 Å². The number of nitrogens with zero attached hydrogens (tertiary/aromatic N) is 2. The zero-order chi connectivity index (χ0) is 19.4. The average Bonchev–Trinajstić information content (AvgIpc) is 2.73. The number of hydrogen-bond donors (Lipinski definition) is 0. The molecule has 1 aliphatic rings. The molecule has 146 valence electrons. The molecular weight excluding hydrogens is 364 g/mol. The normalized spacial score (nSPS) is 15.6. The molecule has 0 atom stereocenters. The molecule has 0 aromatic heterocycles. The molecule has 27 heavy (non-hydrogen) atoms. The van der Waals surface area contributed by atoms with Crippen LogP contribution >= 0.6 is 0 Å². The molecule has 2 aromatic rings. The Morgan fingerprint density at radius 1 is 0.926 bits per heavy atom. The van der Waals surface area contributed by atoms with Crippen LogP contribution in [0, 0.1) is 0 Å². The number of benzene rings is 2. The molecule has 6 nitrogen and oxygen atoms in total. The standard InChI is InChI=1S/C20H26N2O4S/c1-4-16-5-8-18(9-6-16)27(23,24)22-13-11-21(12-14-22)19-15-17(25-2)7-10-20(19)26-3/h5-10,15H,4,11-14H2,1-3H3. The highest BCUT2D eigenvalue weighted by molar-refractivity contribution is 7.89. The number of aryl methyl sites for hydroxylation is 1. The van der Waals surface area contributed by atoms with Crippen molar-refractivity contribution in [2.45, 2.75) is 18.2 Å². The van der Waals surface area contributed by atoms with Crippen molar-refractivity contribution < 1.29 is 17.9 Å². The van der Waals surface area contributed by atoms with E-state index < -0.39 is 10.0 Å². The van der Waals surface area contributed by atoms with Gasteiger partial charge >= 0.3 is 0 Å². The zero-order valence-electron chi connectivity index (χ0n) is 16.0. The number of anilines is 1. The topological polar surface area (TPSA) is 59.1 Å². The first-order valence-corrected chi connectivity index (χ1v) is 10.5. The van der Waals surface area contributed by atoms with E-state index in [1.54, 1.807) is 30.7 Å². The van der Waals surface area contributed by atoms with Crippen molar-refractivity contribution in [2.75, 3.05) is 45.3 Å². The van der Waals surface area contributed by atoms with E-state index in [2.05, 4.69) is 11.8 Å². The molecule has 0 saturated carbocycles. The van der Waals surface area contributed by atoms with Crippen LogP contribution in [0.2, 0.25) is 0 Å². The van der Waals surface area contributed by atoms with Crippen molar-refractivity contribution in [3.05, 3.63) is 48.0 Å². The third-order valence-electron chi connectivity index (χ3n) is 4.93. The summed E-state index contributed by atoms with van der Waals surface area (Å²) in [5.74, 6) is 1.50. The summed E-state index contributed by atoms with van der Waals surface area (Å²) in [7, 11) is -0.215. The summed E-state index contributed by atoms with van der Waals surface area (Å²) < 4.78 is 38.1. The lowest BCUT2D eigenvalue weighted by atomic mass is 10.2. The van der Waals surface area contributed by atoms with Gasteiger partial charge in [-0.05, 0) is 36.2 Å². The smallest absolute Gasteiger partial charge is 0.243 e. The van der Waals surface area contributed by atoms with Crippen LogP contribution in [0.25, 0.3) is 0 Å². The van der Waals surface area contributed by atoms with Crippen molar-refractivity contribution in [1.82, 2.24) is 4.31 Å². The first kappa shape index (κ1) is 19.5. The Morgan fingerprint density at radius 2 is 1.59 bits per heavy atom. The highest BCUT2D eigenvalue weighted by Gasteiger charge is 2.29. The van der Waals surface area contributed by atoms with E-state index >= 15 is 0 Å². The number of piperazine rings is 1. The SMILES string of the molecule is CCc1ccc(S(=O)(=O)N2CCN(c3cc(OC)ccc3OC)CC2)cc1. The van der Waals surface area contributed by atoms with Gasteiger partial charge in [0.2, 0.25) is 10.0 Å². The quantitative estimate of drug-likeness (QED) is 0.759. The van der Waals surface area contributed by atoms with E-state index in [0.717, 1.165) is 29.2 Å². The molecular formula is C20H26N2O4S. The molecule has 0 radical (unpaired) electrons. The minimum absolute atomic E-state index is 0.354. The lowest BCUT2D eigenvalue weighted by molar-refractivity contribution is 0.376. The van der Waals surface area contributed by atoms with E-state index in [1.165, 1.54) is 0 Å². The third kappa shape index (κ3) is 4.04. The number of ether oxygens (including phenoxy) is 2. The molecule has 1 fully saturated rings. The van der Waals surface area contributed by atoms with Crippen LogP contribution in [0.5, 0.6) is 11.5 Å². The monoisotopic (exact) mass is 390 g/mol. The van der Waals surface area contributed by atoms with Crippen LogP contribution in [0.3, 0.4) is 0 Å². The molecule has 0 N–H and O–H groups in total. The molecule has 2 aromatic carbocycles. The van der Waals surface area contributed by atoms with Crippen LogP contribution in [0.4, 0.5) is 5.69 Å². The van der Waals surface area contributed by atoms with Crippen molar-refractivity contribution in [3.8, 4) is 11.5 Å². The summed E-state index contributed by atoms with van der Waals surface area (Å²) >= 11 is 0. The molecule has 0 bridgehead atoms. The molecule has 0 aliphatic carbocycles. The van der Waals surface area contributed by atoms with Crippen LogP contribution in [0.15, 0.2) is 47.4 Å². The number of sulfonamides is 1. The summed E-state index contributed by atoms with van der Waals surface area (Å²) in [6.45, 7) is 4.09. The van der Waals surface area contributed by atoms with Crippen molar-refractivity contribution >= 4 is 15.7 Å². The lowest BCUT2D eigenvalue weighted by Gasteiger charge is -2.36. The Morgan fingerprint density at radius 3 is 2.15 bits per heavy atom. The Labute approximate surface area is 161 Å². The Hall–Kier alpha value is -2.25. The van der Waals surface area contributed by atoms with Crippen molar-refractivity contribution in [1.29, 1.82) is 0 Å². The third-order valence-corrected chi connectivity index (χ3v) is 6.85. The Kier molecular flexibility index (Phi) is 5.92. The highest BCUT2D eigenvalue weighted by atomic mass is 32.2. The molecule has 1 heterocycles. The van der Waals surface area contributed by atoms with Gasteiger partial charge in [-0.2, -0.15) is 4.31 Å². The number of hydrogen-bond acceptors (Lipinski definition) is 5. The van der Waals surface area contributed by atoms with Crippen LogP contribution in [0.1, 0.15) is 12.5 Å². The van der Waals surface area contributed by atoms with Gasteiger partial charge in [0.1, 0.15) is 11.5 Å². The average molecular weight is 391 g/mol. The van der Waals surface area contributed by atoms with Gasteiger partial charge in [-0.25, -0.2) is 8.42 Å². The molecule has 0 spiro atoms. The highest BCUT2D eigenvalue weighted by Crippen LogP contribution is 2.33. The fourth-order valence-electron chi connectivity index (χ4n) is 3.26. The van der Waals surface area contributed by atoms with E-state index in [4.69, 9.17) is 9.47 Å². The minimum atomic E-state index is -3.47. The first-order valence-electron chi connectivity index (χ1n) is 9.05. The minimum Gasteiger partial charge on any atom is -0.497 e. The first-order chi connectivity index (χ1) is 13.0. The fraction of sp³-hybridized carbons (Fsp3) is 0.400. The Bertz CT molecular complexity index is 873. The predicted octanol–water partition coefficient (Wildman–Crippen LogP) is 2.78. The zero-order valence-corrected chi connectivity index (χ0v) is 16.8. The summed E-state index contributed by atoms with van der Waals surface area (Å²) in [4.78, 5) is 2.49. The second-order valence-corrected chi connectivity index (χ2v) is 8.36. The second-order valence-electron chi connectivity index (χ2n) is 6.43. The maximum absolute atomic E-state index is 12.9.